The Morgan fingerprint density at radius 2 is 1.96 bits per heavy atom. The quantitative estimate of drug-likeness (QED) is 0.691. The summed E-state index contributed by atoms with van der Waals surface area (Å²) in [7, 11) is 0. The first-order valence-corrected chi connectivity index (χ1v) is 7.87. The fourth-order valence-electron chi connectivity index (χ4n) is 1.99. The summed E-state index contributed by atoms with van der Waals surface area (Å²) >= 11 is 1.44. The molecule has 3 rings (SSSR count). The highest BCUT2D eigenvalue weighted by Gasteiger charge is 2.07. The summed E-state index contributed by atoms with van der Waals surface area (Å²) in [6.07, 6.45) is 3.44. The average molecular weight is 319 g/mol. The van der Waals surface area contributed by atoms with Crippen molar-refractivity contribution >= 4 is 17.0 Å². The van der Waals surface area contributed by atoms with Crippen molar-refractivity contribution in [3.8, 4) is 17.5 Å². The third-order valence-electron chi connectivity index (χ3n) is 3.13. The molecule has 0 aliphatic rings. The number of aromatic nitrogens is 3. The van der Waals surface area contributed by atoms with Crippen LogP contribution < -0.4 is 0 Å². The summed E-state index contributed by atoms with van der Waals surface area (Å²) in [5.41, 5.74) is 3.25. The molecule has 0 aliphatic carbocycles. The fourth-order valence-corrected chi connectivity index (χ4v) is 2.74. The Kier molecular flexibility index (Phi) is 4.50. The van der Waals surface area contributed by atoms with E-state index in [1.165, 1.54) is 11.3 Å². The molecule has 0 atom stereocenters. The van der Waals surface area contributed by atoms with E-state index in [4.69, 9.17) is 0 Å². The molecule has 1 aromatic carbocycles. The van der Waals surface area contributed by atoms with Crippen molar-refractivity contribution in [2.75, 3.05) is 0 Å². The van der Waals surface area contributed by atoms with Crippen LogP contribution in [-0.2, 0) is 6.54 Å². The first-order valence-electron chi connectivity index (χ1n) is 6.99. The summed E-state index contributed by atoms with van der Waals surface area (Å²) in [5, 5.41) is 11.8. The van der Waals surface area contributed by atoms with Crippen LogP contribution >= 0.6 is 11.3 Å². The smallest absolute Gasteiger partial charge is 0.171 e. The summed E-state index contributed by atoms with van der Waals surface area (Å²) in [6, 6.07) is 11.8. The maximum absolute atomic E-state index is 9.23. The standard InChI is InChI=1S/C17H13N5S/c1-12-11-23-17(22-12)15(9-18)21-10-13-3-5-14(6-4-13)16-19-7-2-8-20-16/h2-8,11H,10H2,1H3. The van der Waals surface area contributed by atoms with Crippen molar-refractivity contribution in [2.45, 2.75) is 13.5 Å². The van der Waals surface area contributed by atoms with Gasteiger partial charge in [-0.25, -0.2) is 15.0 Å². The minimum absolute atomic E-state index is 0.374. The van der Waals surface area contributed by atoms with Gasteiger partial charge in [-0.2, -0.15) is 5.26 Å². The summed E-state index contributed by atoms with van der Waals surface area (Å²) in [6.45, 7) is 2.34. The van der Waals surface area contributed by atoms with Crippen molar-refractivity contribution in [1.82, 2.24) is 15.0 Å². The molecule has 112 valence electrons. The van der Waals surface area contributed by atoms with Crippen molar-refractivity contribution in [3.05, 3.63) is 64.4 Å². The van der Waals surface area contributed by atoms with Gasteiger partial charge in [0.25, 0.3) is 0 Å². The van der Waals surface area contributed by atoms with Gasteiger partial charge in [0.05, 0.1) is 6.54 Å². The molecule has 0 bridgehead atoms. The largest absolute Gasteiger partial charge is 0.267 e. The zero-order valence-corrected chi connectivity index (χ0v) is 13.3. The zero-order chi connectivity index (χ0) is 16.1. The average Bonchev–Trinajstić information content (AvgIpc) is 3.03. The number of aryl methyl sites for hydroxylation is 1. The number of rotatable bonds is 4. The van der Waals surface area contributed by atoms with Crippen LogP contribution in [0.1, 0.15) is 16.3 Å². The number of thiazole rings is 1. The van der Waals surface area contributed by atoms with Crippen LogP contribution in [0.15, 0.2) is 53.1 Å². The van der Waals surface area contributed by atoms with Crippen molar-refractivity contribution in [2.24, 2.45) is 4.99 Å². The number of nitrogens with zero attached hydrogens (tertiary/aromatic N) is 5. The molecule has 0 amide bonds. The minimum Gasteiger partial charge on any atom is -0.267 e. The molecule has 0 fully saturated rings. The lowest BCUT2D eigenvalue weighted by molar-refractivity contribution is 1.07. The molecule has 0 radical (unpaired) electrons. The number of hydrogen-bond donors (Lipinski definition) is 0. The Labute approximate surface area is 138 Å². The Morgan fingerprint density at radius 3 is 2.57 bits per heavy atom. The van der Waals surface area contributed by atoms with Crippen LogP contribution in [0.4, 0.5) is 0 Å². The van der Waals surface area contributed by atoms with Gasteiger partial charge in [0.1, 0.15) is 6.07 Å². The van der Waals surface area contributed by atoms with Gasteiger partial charge in [0.15, 0.2) is 16.5 Å². The van der Waals surface area contributed by atoms with Crippen LogP contribution in [0.5, 0.6) is 0 Å². The summed E-state index contributed by atoms with van der Waals surface area (Å²) in [5.74, 6) is 0.693. The Bertz CT molecular complexity index is 860. The highest BCUT2D eigenvalue weighted by atomic mass is 32.1. The molecular weight excluding hydrogens is 306 g/mol. The van der Waals surface area contributed by atoms with E-state index in [-0.39, 0.29) is 0 Å². The summed E-state index contributed by atoms with van der Waals surface area (Å²) in [4.78, 5) is 17.1. The number of benzene rings is 1. The van der Waals surface area contributed by atoms with Gasteiger partial charge in [-0.15, -0.1) is 11.3 Å². The molecule has 0 saturated heterocycles. The topological polar surface area (TPSA) is 74.8 Å². The molecule has 0 N–H and O–H groups in total. The molecule has 3 aromatic rings. The van der Waals surface area contributed by atoms with E-state index < -0.39 is 0 Å². The number of nitriles is 1. The van der Waals surface area contributed by atoms with Gasteiger partial charge in [0.2, 0.25) is 0 Å². The number of aliphatic imine (C=N–C) groups is 1. The monoisotopic (exact) mass is 319 g/mol. The zero-order valence-electron chi connectivity index (χ0n) is 12.5. The lowest BCUT2D eigenvalue weighted by Gasteiger charge is -2.01. The van der Waals surface area contributed by atoms with E-state index in [0.717, 1.165) is 16.8 Å². The van der Waals surface area contributed by atoms with Crippen LogP contribution in [0.2, 0.25) is 0 Å². The van der Waals surface area contributed by atoms with E-state index in [0.29, 0.717) is 23.1 Å². The maximum Gasteiger partial charge on any atom is 0.171 e. The third-order valence-corrected chi connectivity index (χ3v) is 4.09. The predicted molar refractivity (Wildman–Crippen MR) is 90.2 cm³/mol. The molecule has 5 nitrogen and oxygen atoms in total. The SMILES string of the molecule is Cc1csc(C(C#N)=NCc2ccc(-c3ncccn3)cc2)n1. The molecular formula is C17H13N5S. The second-order valence-corrected chi connectivity index (χ2v) is 5.70. The molecule has 0 unspecified atom stereocenters. The van der Waals surface area contributed by atoms with Gasteiger partial charge >= 0.3 is 0 Å². The summed E-state index contributed by atoms with van der Waals surface area (Å²) < 4.78 is 0. The molecule has 2 heterocycles. The van der Waals surface area contributed by atoms with E-state index in [1.54, 1.807) is 18.5 Å². The van der Waals surface area contributed by atoms with Crippen LogP contribution in [0, 0.1) is 18.3 Å². The van der Waals surface area contributed by atoms with Crippen molar-refractivity contribution in [3.63, 3.8) is 0 Å². The van der Waals surface area contributed by atoms with Crippen LogP contribution in [0.3, 0.4) is 0 Å². The predicted octanol–water partition coefficient (Wildman–Crippen LogP) is 3.42. The van der Waals surface area contributed by atoms with E-state index in [9.17, 15) is 5.26 Å². The molecule has 0 aliphatic heterocycles. The van der Waals surface area contributed by atoms with Crippen LogP contribution in [0.25, 0.3) is 11.4 Å². The van der Waals surface area contributed by atoms with Crippen molar-refractivity contribution in [1.29, 1.82) is 5.26 Å². The van der Waals surface area contributed by atoms with Gasteiger partial charge in [-0.05, 0) is 18.6 Å². The van der Waals surface area contributed by atoms with Gasteiger partial charge in [0, 0.05) is 29.0 Å². The van der Waals surface area contributed by atoms with E-state index in [1.807, 2.05) is 36.6 Å². The maximum atomic E-state index is 9.23. The molecule has 23 heavy (non-hydrogen) atoms. The van der Waals surface area contributed by atoms with Gasteiger partial charge in [-0.3, -0.25) is 4.99 Å². The second-order valence-electron chi connectivity index (χ2n) is 4.84. The minimum atomic E-state index is 0.374. The molecule has 0 spiro atoms. The normalized spacial score (nSPS) is 11.2. The van der Waals surface area contributed by atoms with Crippen LogP contribution in [-0.4, -0.2) is 20.7 Å². The first-order chi connectivity index (χ1) is 11.3. The number of hydrogen-bond acceptors (Lipinski definition) is 6. The first kappa shape index (κ1) is 15.0. The van der Waals surface area contributed by atoms with E-state index >= 15 is 0 Å². The van der Waals surface area contributed by atoms with Crippen molar-refractivity contribution < 1.29 is 0 Å². The lowest BCUT2D eigenvalue weighted by Crippen LogP contribution is -1.98. The van der Waals surface area contributed by atoms with E-state index in [2.05, 4.69) is 26.0 Å². The lowest BCUT2D eigenvalue weighted by atomic mass is 10.1. The third kappa shape index (κ3) is 3.65. The Balaban J connectivity index is 1.76. The fraction of sp³-hybridized carbons (Fsp3) is 0.118. The second kappa shape index (κ2) is 6.90. The Hall–Kier alpha value is -2.91. The molecule has 6 heteroatoms. The highest BCUT2D eigenvalue weighted by molar-refractivity contribution is 7.12. The molecule has 0 saturated carbocycles. The highest BCUT2D eigenvalue weighted by Crippen LogP contribution is 2.16. The molecule has 2 aromatic heterocycles. The Morgan fingerprint density at radius 1 is 1.22 bits per heavy atom. The van der Waals surface area contributed by atoms with Gasteiger partial charge in [-0.1, -0.05) is 24.3 Å². The van der Waals surface area contributed by atoms with Gasteiger partial charge < -0.3 is 0 Å².